The Hall–Kier alpha value is -4.67. The maximum absolute atomic E-state index is 13.9. The second kappa shape index (κ2) is 14.9. The normalized spacial score (nSPS) is 18.3. The van der Waals surface area contributed by atoms with Crippen molar-refractivity contribution in [2.45, 2.75) is 71.5 Å². The third-order valence-corrected chi connectivity index (χ3v) is 7.99. The van der Waals surface area contributed by atoms with Crippen LogP contribution in [0.3, 0.4) is 0 Å². The van der Waals surface area contributed by atoms with Crippen LogP contribution in [0.5, 0.6) is 5.75 Å². The lowest BCUT2D eigenvalue weighted by molar-refractivity contribution is -0.132. The molecule has 3 amide bonds. The van der Waals surface area contributed by atoms with Crippen LogP contribution in [0.1, 0.15) is 62.8 Å². The van der Waals surface area contributed by atoms with Crippen molar-refractivity contribution >= 4 is 28.6 Å². The first-order valence-electron chi connectivity index (χ1n) is 15.8. The van der Waals surface area contributed by atoms with Crippen molar-refractivity contribution in [3.8, 4) is 5.75 Å². The van der Waals surface area contributed by atoms with Gasteiger partial charge in [0.2, 0.25) is 17.7 Å². The highest BCUT2D eigenvalue weighted by atomic mass is 16.5. The molecule has 1 aliphatic heterocycles. The summed E-state index contributed by atoms with van der Waals surface area (Å²) in [5.74, 6) is 1.65. The summed E-state index contributed by atoms with van der Waals surface area (Å²) in [6.45, 7) is 7.47. The highest BCUT2D eigenvalue weighted by molar-refractivity contribution is 5.90. The molecule has 0 bridgehead atoms. The molecule has 0 aliphatic carbocycles. The highest BCUT2D eigenvalue weighted by Crippen LogP contribution is 2.23. The zero-order valence-electron chi connectivity index (χ0n) is 26.3. The van der Waals surface area contributed by atoms with Gasteiger partial charge in [0.05, 0.1) is 25.6 Å². The van der Waals surface area contributed by atoms with Gasteiger partial charge in [-0.05, 0) is 49.4 Å². The van der Waals surface area contributed by atoms with E-state index in [4.69, 9.17) is 9.72 Å². The number of aryl methyl sites for hydroxylation is 1. The van der Waals surface area contributed by atoms with E-state index in [0.717, 1.165) is 16.5 Å². The number of carbonyl (C=O) groups is 3. The number of benzene rings is 2. The molecule has 0 unspecified atom stereocenters. The van der Waals surface area contributed by atoms with Gasteiger partial charge >= 0.3 is 0 Å². The van der Waals surface area contributed by atoms with Gasteiger partial charge in [-0.25, -0.2) is 9.67 Å². The minimum atomic E-state index is -0.792. The molecular weight excluding hydrogens is 570 g/mol. The first kappa shape index (κ1) is 31.7. The fraction of sp³-hybridized carbons (Fsp3) is 0.441. The van der Waals surface area contributed by atoms with Crippen molar-refractivity contribution in [2.24, 2.45) is 5.92 Å². The number of rotatable bonds is 8. The zero-order valence-corrected chi connectivity index (χ0v) is 26.3. The van der Waals surface area contributed by atoms with Crippen molar-refractivity contribution < 1.29 is 19.1 Å². The smallest absolute Gasteiger partial charge is 0.243 e. The summed E-state index contributed by atoms with van der Waals surface area (Å²) in [6, 6.07) is 16.1. The van der Waals surface area contributed by atoms with Crippen molar-refractivity contribution in [3.63, 3.8) is 0 Å². The van der Waals surface area contributed by atoms with Crippen molar-refractivity contribution in [1.29, 1.82) is 0 Å². The van der Waals surface area contributed by atoms with Crippen LogP contribution in [-0.2, 0) is 27.3 Å². The first-order chi connectivity index (χ1) is 21.8. The third-order valence-electron chi connectivity index (χ3n) is 7.99. The summed E-state index contributed by atoms with van der Waals surface area (Å²) in [4.78, 5) is 50.2. The Morgan fingerprint density at radius 2 is 1.78 bits per heavy atom. The Morgan fingerprint density at radius 1 is 1.00 bits per heavy atom. The monoisotopic (exact) mass is 613 g/mol. The number of aromatic amines is 1. The van der Waals surface area contributed by atoms with Gasteiger partial charge in [-0.3, -0.25) is 14.4 Å². The Bertz CT molecular complexity index is 1600. The van der Waals surface area contributed by atoms with Gasteiger partial charge in [0.15, 0.2) is 0 Å². The predicted octanol–water partition coefficient (Wildman–Crippen LogP) is 4.09. The number of amides is 3. The van der Waals surface area contributed by atoms with Gasteiger partial charge in [-0.1, -0.05) is 50.2 Å². The van der Waals surface area contributed by atoms with Crippen molar-refractivity contribution in [2.75, 3.05) is 19.7 Å². The summed E-state index contributed by atoms with van der Waals surface area (Å²) < 4.78 is 7.58. The largest absolute Gasteiger partial charge is 0.493 e. The number of fused-ring (bicyclic) bond motifs is 2. The van der Waals surface area contributed by atoms with E-state index in [-0.39, 0.29) is 43.1 Å². The zero-order chi connectivity index (χ0) is 31.8. The van der Waals surface area contributed by atoms with E-state index < -0.39 is 12.1 Å². The molecule has 0 spiro atoms. The maximum Gasteiger partial charge on any atom is 0.243 e. The van der Waals surface area contributed by atoms with Crippen molar-refractivity contribution in [3.05, 3.63) is 78.0 Å². The predicted molar refractivity (Wildman–Crippen MR) is 171 cm³/mol. The fourth-order valence-corrected chi connectivity index (χ4v) is 5.80. The topological polar surface area (TPSA) is 134 Å². The Balaban J connectivity index is 1.38. The molecule has 1 aliphatic rings. The van der Waals surface area contributed by atoms with E-state index in [9.17, 15) is 14.4 Å². The summed E-state index contributed by atoms with van der Waals surface area (Å²) in [7, 11) is 0. The molecule has 3 N–H and O–H groups in total. The van der Waals surface area contributed by atoms with E-state index in [1.807, 2.05) is 72.4 Å². The summed E-state index contributed by atoms with van der Waals surface area (Å²) in [5.41, 5.74) is 1.92. The minimum absolute atomic E-state index is 0.0546. The Morgan fingerprint density at radius 3 is 2.58 bits per heavy atom. The first-order valence-corrected chi connectivity index (χ1v) is 15.8. The van der Waals surface area contributed by atoms with Gasteiger partial charge in [0.1, 0.15) is 23.4 Å². The SMILES string of the molecule is Cc1nc2n(n1)CCN(C(=O)CCOc1ccccc1)CCCC(=O)N[C@H](Cc1c[nH]c3ccccc13)C(=O)N[C@H]2CC(C)C. The fourth-order valence-electron chi connectivity index (χ4n) is 5.80. The van der Waals surface area contributed by atoms with E-state index in [2.05, 4.69) is 34.6 Å². The molecule has 11 nitrogen and oxygen atoms in total. The number of nitrogens with zero attached hydrogens (tertiary/aromatic N) is 4. The van der Waals surface area contributed by atoms with Crippen LogP contribution in [-0.4, -0.2) is 68.1 Å². The summed E-state index contributed by atoms with van der Waals surface area (Å²) in [5, 5.41) is 11.8. The van der Waals surface area contributed by atoms with Crippen LogP contribution >= 0.6 is 0 Å². The number of hydrogen-bond donors (Lipinski definition) is 3. The van der Waals surface area contributed by atoms with Gasteiger partial charge in [0.25, 0.3) is 0 Å². The van der Waals surface area contributed by atoms with E-state index in [1.165, 1.54) is 0 Å². The Kier molecular flexibility index (Phi) is 10.5. The molecule has 11 heteroatoms. The van der Waals surface area contributed by atoms with Crippen LogP contribution in [0.25, 0.3) is 10.9 Å². The number of carbonyl (C=O) groups excluding carboxylic acids is 3. The molecule has 2 aromatic carbocycles. The summed E-state index contributed by atoms with van der Waals surface area (Å²) in [6.07, 6.45) is 3.71. The van der Waals surface area contributed by atoms with E-state index in [0.29, 0.717) is 56.3 Å². The van der Waals surface area contributed by atoms with E-state index >= 15 is 0 Å². The molecule has 0 saturated heterocycles. The number of para-hydroxylation sites is 2. The van der Waals surface area contributed by atoms with Gasteiger partial charge in [0, 0.05) is 43.0 Å². The lowest BCUT2D eigenvalue weighted by Gasteiger charge is -2.27. The molecule has 0 saturated carbocycles. The minimum Gasteiger partial charge on any atom is -0.493 e. The van der Waals surface area contributed by atoms with Crippen LogP contribution in [0.2, 0.25) is 0 Å². The number of aromatic nitrogens is 4. The standard InChI is InChI=1S/C34H43N7O4/c1-23(2)20-29-33-36-24(3)39-41(33)18-17-40(32(43)15-19-45-26-10-5-4-6-11-26)16-9-14-31(42)37-30(34(44)38-29)21-25-22-35-28-13-8-7-12-27(25)28/h4-8,10-13,22-23,29-30,35H,9,14-21H2,1-3H3,(H,37,42)(H,38,44)/t29-,30+/m0/s1. The number of hydrogen-bond acceptors (Lipinski definition) is 6. The van der Waals surface area contributed by atoms with Crippen LogP contribution < -0.4 is 15.4 Å². The number of nitrogens with one attached hydrogen (secondary N) is 3. The molecule has 5 rings (SSSR count). The molecule has 0 fully saturated rings. The third kappa shape index (κ3) is 8.49. The molecule has 0 radical (unpaired) electrons. The van der Waals surface area contributed by atoms with Gasteiger partial charge in [-0.2, -0.15) is 5.10 Å². The van der Waals surface area contributed by atoms with Crippen LogP contribution in [0.4, 0.5) is 0 Å². The molecule has 3 heterocycles. The van der Waals surface area contributed by atoms with Gasteiger partial charge < -0.3 is 25.3 Å². The lowest BCUT2D eigenvalue weighted by Crippen LogP contribution is -2.49. The molecule has 2 atom stereocenters. The average Bonchev–Trinajstić information content (AvgIpc) is 3.60. The molecular formula is C34H43N7O4. The quantitative estimate of drug-likeness (QED) is 0.274. The average molecular weight is 614 g/mol. The summed E-state index contributed by atoms with van der Waals surface area (Å²) >= 11 is 0. The van der Waals surface area contributed by atoms with Crippen LogP contribution in [0, 0.1) is 12.8 Å². The Labute approximate surface area is 263 Å². The second-order valence-electron chi connectivity index (χ2n) is 12.0. The molecule has 238 valence electrons. The number of ether oxygens (including phenoxy) is 1. The van der Waals surface area contributed by atoms with E-state index in [1.54, 1.807) is 4.90 Å². The molecule has 45 heavy (non-hydrogen) atoms. The maximum atomic E-state index is 13.9. The van der Waals surface area contributed by atoms with Crippen molar-refractivity contribution in [1.82, 2.24) is 35.3 Å². The highest BCUT2D eigenvalue weighted by Gasteiger charge is 2.29. The number of H-pyrrole nitrogens is 1. The lowest BCUT2D eigenvalue weighted by atomic mass is 10.0. The van der Waals surface area contributed by atoms with Crippen LogP contribution in [0.15, 0.2) is 60.8 Å². The second-order valence-corrected chi connectivity index (χ2v) is 12.0. The van der Waals surface area contributed by atoms with Gasteiger partial charge in [-0.15, -0.1) is 0 Å². The molecule has 2 aromatic heterocycles. The molecule has 4 aromatic rings.